The fraction of sp³-hybridized carbons (Fsp3) is 0.182. The third-order valence-electron chi connectivity index (χ3n) is 2.31. The van der Waals surface area contributed by atoms with Crippen LogP contribution in [0, 0.1) is 0 Å². The van der Waals surface area contributed by atoms with Crippen molar-refractivity contribution in [1.82, 2.24) is 4.98 Å². The van der Waals surface area contributed by atoms with Gasteiger partial charge in [-0.1, -0.05) is 18.2 Å². The molecule has 4 nitrogen and oxygen atoms in total. The Kier molecular flexibility index (Phi) is 2.80. The lowest BCUT2D eigenvalue weighted by Gasteiger charge is -2.08. The van der Waals surface area contributed by atoms with Crippen LogP contribution in [0.15, 0.2) is 30.5 Å². The maximum atomic E-state index is 5.43. The van der Waals surface area contributed by atoms with Crippen LogP contribution in [0.2, 0.25) is 0 Å². The van der Waals surface area contributed by atoms with Crippen molar-refractivity contribution in [3.63, 3.8) is 0 Å². The number of rotatable bonds is 3. The van der Waals surface area contributed by atoms with Gasteiger partial charge in [-0.3, -0.25) is 10.8 Å². The molecular weight excluding hydrogens is 190 g/mol. The Morgan fingerprint density at radius 2 is 2.27 bits per heavy atom. The number of hydrazine groups is 1. The van der Waals surface area contributed by atoms with E-state index in [0.717, 1.165) is 22.2 Å². The zero-order chi connectivity index (χ0) is 10.7. The van der Waals surface area contributed by atoms with Crippen molar-refractivity contribution in [3.05, 3.63) is 36.0 Å². The van der Waals surface area contributed by atoms with Crippen molar-refractivity contribution in [3.8, 4) is 0 Å². The second kappa shape index (κ2) is 4.25. The van der Waals surface area contributed by atoms with E-state index in [1.54, 1.807) is 13.3 Å². The predicted molar refractivity (Wildman–Crippen MR) is 60.3 cm³/mol. The normalized spacial score (nSPS) is 10.5. The maximum absolute atomic E-state index is 5.43. The first-order valence-corrected chi connectivity index (χ1v) is 4.69. The van der Waals surface area contributed by atoms with Crippen molar-refractivity contribution >= 4 is 16.6 Å². The number of hydrogen-bond donors (Lipinski definition) is 2. The molecular formula is C11H13N3O. The van der Waals surface area contributed by atoms with Crippen LogP contribution < -0.4 is 11.3 Å². The van der Waals surface area contributed by atoms with Crippen molar-refractivity contribution in [2.24, 2.45) is 5.84 Å². The Balaban J connectivity index is 2.65. The second-order valence-electron chi connectivity index (χ2n) is 3.25. The average Bonchev–Trinajstić information content (AvgIpc) is 2.29. The van der Waals surface area contributed by atoms with Gasteiger partial charge in [-0.25, -0.2) is 0 Å². The number of nitrogen functional groups attached to an aromatic ring is 1. The first-order valence-electron chi connectivity index (χ1n) is 4.69. The SMILES string of the molecule is COCc1cccc2c(NN)ccnc12. The highest BCUT2D eigenvalue weighted by atomic mass is 16.5. The molecule has 1 aromatic carbocycles. The van der Waals surface area contributed by atoms with Crippen LogP contribution in [-0.4, -0.2) is 12.1 Å². The van der Waals surface area contributed by atoms with E-state index in [9.17, 15) is 0 Å². The van der Waals surface area contributed by atoms with Gasteiger partial charge in [-0.2, -0.15) is 0 Å². The number of aromatic nitrogens is 1. The minimum Gasteiger partial charge on any atom is -0.380 e. The quantitative estimate of drug-likeness (QED) is 0.588. The number of ether oxygens (including phenoxy) is 1. The number of benzene rings is 1. The van der Waals surface area contributed by atoms with Crippen molar-refractivity contribution < 1.29 is 4.74 Å². The van der Waals surface area contributed by atoms with Crippen molar-refractivity contribution in [1.29, 1.82) is 0 Å². The molecule has 0 saturated carbocycles. The summed E-state index contributed by atoms with van der Waals surface area (Å²) in [6.07, 6.45) is 1.73. The van der Waals surface area contributed by atoms with Gasteiger partial charge in [-0.05, 0) is 6.07 Å². The monoisotopic (exact) mass is 203 g/mol. The smallest absolute Gasteiger partial charge is 0.0778 e. The largest absolute Gasteiger partial charge is 0.380 e. The van der Waals surface area contributed by atoms with Crippen LogP contribution in [0.5, 0.6) is 0 Å². The minimum atomic E-state index is 0.554. The fourth-order valence-electron chi connectivity index (χ4n) is 1.64. The molecule has 0 saturated heterocycles. The van der Waals surface area contributed by atoms with Crippen LogP contribution in [-0.2, 0) is 11.3 Å². The topological polar surface area (TPSA) is 60.2 Å². The summed E-state index contributed by atoms with van der Waals surface area (Å²) in [6.45, 7) is 0.554. The number of fused-ring (bicyclic) bond motifs is 1. The van der Waals surface area contributed by atoms with Gasteiger partial charge >= 0.3 is 0 Å². The second-order valence-corrected chi connectivity index (χ2v) is 3.25. The first kappa shape index (κ1) is 9.89. The molecule has 0 aliphatic heterocycles. The van der Waals surface area contributed by atoms with Crippen molar-refractivity contribution in [2.75, 3.05) is 12.5 Å². The summed E-state index contributed by atoms with van der Waals surface area (Å²) in [6, 6.07) is 7.80. The van der Waals surface area contributed by atoms with Gasteiger partial charge in [0.15, 0.2) is 0 Å². The summed E-state index contributed by atoms with van der Waals surface area (Å²) in [7, 11) is 1.67. The minimum absolute atomic E-state index is 0.554. The average molecular weight is 203 g/mol. The fourth-order valence-corrected chi connectivity index (χ4v) is 1.64. The molecule has 1 heterocycles. The van der Waals surface area contributed by atoms with E-state index >= 15 is 0 Å². The lowest BCUT2D eigenvalue weighted by atomic mass is 10.1. The Hall–Kier alpha value is -1.65. The molecule has 0 fully saturated rings. The molecule has 3 N–H and O–H groups in total. The van der Waals surface area contributed by atoms with Gasteiger partial charge < -0.3 is 10.2 Å². The summed E-state index contributed by atoms with van der Waals surface area (Å²) < 4.78 is 5.12. The highest BCUT2D eigenvalue weighted by Crippen LogP contribution is 2.23. The summed E-state index contributed by atoms with van der Waals surface area (Å²) in [5.74, 6) is 5.43. The number of nitrogens with two attached hydrogens (primary N) is 1. The van der Waals surface area contributed by atoms with E-state index in [2.05, 4.69) is 10.4 Å². The Morgan fingerprint density at radius 1 is 1.40 bits per heavy atom. The van der Waals surface area contributed by atoms with Gasteiger partial charge in [-0.15, -0.1) is 0 Å². The Labute approximate surface area is 88.0 Å². The van der Waals surface area contributed by atoms with E-state index in [-0.39, 0.29) is 0 Å². The van der Waals surface area contributed by atoms with E-state index in [1.807, 2.05) is 24.3 Å². The standard InChI is InChI=1S/C11H13N3O/c1-15-7-8-3-2-4-9-10(14-12)5-6-13-11(8)9/h2-6H,7,12H2,1H3,(H,13,14). The molecule has 2 rings (SSSR count). The lowest BCUT2D eigenvalue weighted by molar-refractivity contribution is 0.186. The number of anilines is 1. The molecule has 4 heteroatoms. The number of nitrogens with zero attached hydrogens (tertiary/aromatic N) is 1. The molecule has 0 bridgehead atoms. The van der Waals surface area contributed by atoms with Gasteiger partial charge in [0, 0.05) is 24.3 Å². The van der Waals surface area contributed by atoms with Crippen LogP contribution >= 0.6 is 0 Å². The number of para-hydroxylation sites is 1. The van der Waals surface area contributed by atoms with Gasteiger partial charge in [0.05, 0.1) is 17.8 Å². The number of pyridine rings is 1. The molecule has 0 atom stereocenters. The van der Waals surface area contributed by atoms with Crippen LogP contribution in [0.1, 0.15) is 5.56 Å². The molecule has 0 aliphatic rings. The zero-order valence-corrected chi connectivity index (χ0v) is 8.53. The van der Waals surface area contributed by atoms with Crippen LogP contribution in [0.3, 0.4) is 0 Å². The van der Waals surface area contributed by atoms with Gasteiger partial charge in [0.2, 0.25) is 0 Å². The van der Waals surface area contributed by atoms with E-state index in [4.69, 9.17) is 10.6 Å². The van der Waals surface area contributed by atoms with E-state index < -0.39 is 0 Å². The molecule has 1 aromatic heterocycles. The number of methoxy groups -OCH3 is 1. The molecule has 0 spiro atoms. The maximum Gasteiger partial charge on any atom is 0.0778 e. The summed E-state index contributed by atoms with van der Waals surface area (Å²) in [5.41, 5.74) is 5.52. The first-order chi connectivity index (χ1) is 7.36. The Morgan fingerprint density at radius 3 is 3.00 bits per heavy atom. The molecule has 15 heavy (non-hydrogen) atoms. The van der Waals surface area contributed by atoms with Crippen LogP contribution in [0.25, 0.3) is 10.9 Å². The van der Waals surface area contributed by atoms with E-state index in [0.29, 0.717) is 6.61 Å². The predicted octanol–water partition coefficient (Wildman–Crippen LogP) is 1.67. The highest BCUT2D eigenvalue weighted by Gasteiger charge is 2.04. The van der Waals surface area contributed by atoms with Crippen LogP contribution in [0.4, 0.5) is 5.69 Å². The third kappa shape index (κ3) is 1.77. The lowest BCUT2D eigenvalue weighted by Crippen LogP contribution is -2.07. The molecule has 2 aromatic rings. The molecule has 78 valence electrons. The Bertz CT molecular complexity index is 470. The van der Waals surface area contributed by atoms with Gasteiger partial charge in [0.25, 0.3) is 0 Å². The summed E-state index contributed by atoms with van der Waals surface area (Å²) in [4.78, 5) is 4.33. The zero-order valence-electron chi connectivity index (χ0n) is 8.53. The summed E-state index contributed by atoms with van der Waals surface area (Å²) >= 11 is 0. The molecule has 0 radical (unpaired) electrons. The number of hydrogen-bond acceptors (Lipinski definition) is 4. The van der Waals surface area contributed by atoms with Gasteiger partial charge in [0.1, 0.15) is 0 Å². The molecule has 0 aliphatic carbocycles. The van der Waals surface area contributed by atoms with Crippen molar-refractivity contribution in [2.45, 2.75) is 6.61 Å². The summed E-state index contributed by atoms with van der Waals surface area (Å²) in [5, 5.41) is 1.01. The van der Waals surface area contributed by atoms with E-state index in [1.165, 1.54) is 0 Å². The third-order valence-corrected chi connectivity index (χ3v) is 2.31. The highest BCUT2D eigenvalue weighted by molar-refractivity contribution is 5.92. The molecule has 0 unspecified atom stereocenters. The number of nitrogens with one attached hydrogen (secondary N) is 1. The molecule has 0 amide bonds.